The number of nitrogens with zero attached hydrogens (tertiary/aromatic N) is 3. The van der Waals surface area contributed by atoms with Crippen molar-refractivity contribution in [3.8, 4) is 17.1 Å². The average molecular weight is 404 g/mol. The highest BCUT2D eigenvalue weighted by Gasteiger charge is 2.29. The van der Waals surface area contributed by atoms with Crippen LogP contribution in [-0.4, -0.2) is 39.7 Å². The molecule has 2 heterocycles. The molecule has 156 valence electrons. The molecule has 0 unspecified atom stereocenters. The lowest BCUT2D eigenvalue weighted by molar-refractivity contribution is 0.0493. The molecule has 1 aliphatic carbocycles. The normalized spacial score (nSPS) is 18.5. The Bertz CT molecular complexity index is 1120. The van der Waals surface area contributed by atoms with Gasteiger partial charge < -0.3 is 9.64 Å². The topological polar surface area (TPSA) is 47.4 Å². The highest BCUT2D eigenvalue weighted by molar-refractivity contribution is 5.80. The van der Waals surface area contributed by atoms with Gasteiger partial charge in [0.15, 0.2) is 0 Å². The molecule has 0 atom stereocenters. The molecule has 1 aromatic heterocycles. The monoisotopic (exact) mass is 403 g/mol. The van der Waals surface area contributed by atoms with Crippen LogP contribution in [-0.2, 0) is 7.05 Å². The van der Waals surface area contributed by atoms with E-state index in [9.17, 15) is 4.79 Å². The lowest BCUT2D eigenvalue weighted by atomic mass is 9.90. The van der Waals surface area contributed by atoms with E-state index in [-0.39, 0.29) is 11.7 Å². The van der Waals surface area contributed by atoms with Crippen molar-refractivity contribution in [1.29, 1.82) is 0 Å². The lowest BCUT2D eigenvalue weighted by Crippen LogP contribution is -2.46. The maximum Gasteiger partial charge on any atom is 0.261 e. The number of para-hydroxylation sites is 1. The Morgan fingerprint density at radius 3 is 2.50 bits per heavy atom. The second-order valence-corrected chi connectivity index (χ2v) is 8.73. The largest absolute Gasteiger partial charge is 0.490 e. The van der Waals surface area contributed by atoms with Crippen molar-refractivity contribution >= 4 is 10.9 Å². The number of likely N-dealkylation sites (tertiary alicyclic amines) is 1. The van der Waals surface area contributed by atoms with Gasteiger partial charge in [0.1, 0.15) is 17.7 Å². The van der Waals surface area contributed by atoms with Crippen LogP contribution >= 0.6 is 0 Å². The van der Waals surface area contributed by atoms with E-state index >= 15 is 0 Å². The summed E-state index contributed by atoms with van der Waals surface area (Å²) in [6, 6.07) is 14.5. The molecule has 0 amide bonds. The first-order chi connectivity index (χ1) is 14.6. The van der Waals surface area contributed by atoms with E-state index in [1.165, 1.54) is 19.3 Å². The average Bonchev–Trinajstić information content (AvgIpc) is 2.71. The maximum absolute atomic E-state index is 12.8. The molecule has 0 radical (unpaired) electrons. The summed E-state index contributed by atoms with van der Waals surface area (Å²) in [6.45, 7) is 4.35. The molecular weight excluding hydrogens is 374 g/mol. The molecular formula is C25H29N3O2. The van der Waals surface area contributed by atoms with Gasteiger partial charge in [0.2, 0.25) is 0 Å². The van der Waals surface area contributed by atoms with Crippen molar-refractivity contribution in [2.24, 2.45) is 7.05 Å². The lowest BCUT2D eigenvalue weighted by Gasteiger charge is -2.41. The minimum absolute atomic E-state index is 0.0199. The summed E-state index contributed by atoms with van der Waals surface area (Å²) in [6.07, 6.45) is 6.62. The fourth-order valence-corrected chi connectivity index (χ4v) is 4.72. The summed E-state index contributed by atoms with van der Waals surface area (Å²) in [5.74, 6) is 1.60. The Kier molecular flexibility index (Phi) is 5.07. The SMILES string of the molecule is Cc1cc(OC2CCN(C3CCC3)CC2)ccc1-c1nc2ccccc2c(=O)n1C. The van der Waals surface area contributed by atoms with Crippen LogP contribution in [0.5, 0.6) is 5.75 Å². The van der Waals surface area contributed by atoms with Crippen molar-refractivity contribution in [2.45, 2.75) is 51.2 Å². The van der Waals surface area contributed by atoms with Gasteiger partial charge in [-0.05, 0) is 68.5 Å². The van der Waals surface area contributed by atoms with Crippen molar-refractivity contribution in [3.05, 3.63) is 58.4 Å². The Morgan fingerprint density at radius 1 is 1.03 bits per heavy atom. The summed E-state index contributed by atoms with van der Waals surface area (Å²) < 4.78 is 7.96. The summed E-state index contributed by atoms with van der Waals surface area (Å²) in [4.78, 5) is 20.2. The van der Waals surface area contributed by atoms with E-state index in [4.69, 9.17) is 9.72 Å². The predicted octanol–water partition coefficient (Wildman–Crippen LogP) is 4.30. The summed E-state index contributed by atoms with van der Waals surface area (Å²) in [7, 11) is 1.79. The highest BCUT2D eigenvalue weighted by atomic mass is 16.5. The van der Waals surface area contributed by atoms with Crippen molar-refractivity contribution in [3.63, 3.8) is 0 Å². The number of hydrogen-bond acceptors (Lipinski definition) is 4. The third-order valence-electron chi connectivity index (χ3n) is 6.79. The molecule has 2 fully saturated rings. The molecule has 0 spiro atoms. The number of rotatable bonds is 4. The molecule has 1 aliphatic heterocycles. The van der Waals surface area contributed by atoms with Gasteiger partial charge in [-0.15, -0.1) is 0 Å². The van der Waals surface area contributed by atoms with Crippen LogP contribution < -0.4 is 10.3 Å². The Balaban J connectivity index is 1.35. The maximum atomic E-state index is 12.8. The van der Waals surface area contributed by atoms with Crippen molar-refractivity contribution in [2.75, 3.05) is 13.1 Å². The van der Waals surface area contributed by atoms with Gasteiger partial charge in [-0.1, -0.05) is 18.6 Å². The van der Waals surface area contributed by atoms with Gasteiger partial charge in [-0.3, -0.25) is 9.36 Å². The minimum Gasteiger partial charge on any atom is -0.490 e. The van der Waals surface area contributed by atoms with Crippen LogP contribution in [0.2, 0.25) is 0 Å². The van der Waals surface area contributed by atoms with E-state index in [1.54, 1.807) is 11.6 Å². The van der Waals surface area contributed by atoms with Crippen LogP contribution in [0.1, 0.15) is 37.7 Å². The zero-order valence-electron chi connectivity index (χ0n) is 17.8. The molecule has 2 aromatic carbocycles. The first-order valence-electron chi connectivity index (χ1n) is 11.1. The summed E-state index contributed by atoms with van der Waals surface area (Å²) >= 11 is 0. The zero-order valence-corrected chi connectivity index (χ0v) is 17.8. The zero-order chi connectivity index (χ0) is 20.7. The van der Waals surface area contributed by atoms with Gasteiger partial charge >= 0.3 is 0 Å². The van der Waals surface area contributed by atoms with Gasteiger partial charge in [-0.2, -0.15) is 0 Å². The van der Waals surface area contributed by atoms with Gasteiger partial charge in [-0.25, -0.2) is 4.98 Å². The Hall–Kier alpha value is -2.66. The van der Waals surface area contributed by atoms with Crippen molar-refractivity contribution < 1.29 is 4.74 Å². The smallest absolute Gasteiger partial charge is 0.261 e. The van der Waals surface area contributed by atoms with Crippen molar-refractivity contribution in [1.82, 2.24) is 14.5 Å². The third-order valence-corrected chi connectivity index (χ3v) is 6.79. The second-order valence-electron chi connectivity index (χ2n) is 8.73. The third kappa shape index (κ3) is 3.52. The molecule has 30 heavy (non-hydrogen) atoms. The molecule has 1 saturated carbocycles. The predicted molar refractivity (Wildman–Crippen MR) is 120 cm³/mol. The van der Waals surface area contributed by atoms with Crippen LogP contribution in [0.4, 0.5) is 0 Å². The fraction of sp³-hybridized carbons (Fsp3) is 0.440. The van der Waals surface area contributed by atoms with Crippen LogP contribution in [0.15, 0.2) is 47.3 Å². The number of aryl methyl sites for hydroxylation is 1. The number of ether oxygens (including phenoxy) is 1. The highest BCUT2D eigenvalue weighted by Crippen LogP contribution is 2.30. The van der Waals surface area contributed by atoms with Gasteiger partial charge in [0, 0.05) is 31.7 Å². The fourth-order valence-electron chi connectivity index (χ4n) is 4.72. The van der Waals surface area contributed by atoms with E-state index in [0.717, 1.165) is 54.4 Å². The minimum atomic E-state index is -0.0199. The van der Waals surface area contributed by atoms with E-state index in [0.29, 0.717) is 11.2 Å². The number of benzene rings is 2. The first-order valence-corrected chi connectivity index (χ1v) is 11.1. The number of hydrogen-bond donors (Lipinski definition) is 0. The molecule has 3 aromatic rings. The van der Waals surface area contributed by atoms with Gasteiger partial charge in [0.05, 0.1) is 10.9 Å². The number of piperidine rings is 1. The second kappa shape index (κ2) is 7.88. The molecule has 5 rings (SSSR count). The van der Waals surface area contributed by atoms with E-state index < -0.39 is 0 Å². The Labute approximate surface area is 177 Å². The molecule has 5 heteroatoms. The molecule has 1 saturated heterocycles. The molecule has 2 aliphatic rings. The summed E-state index contributed by atoms with van der Waals surface area (Å²) in [5, 5.41) is 0.648. The quantitative estimate of drug-likeness (QED) is 0.651. The van der Waals surface area contributed by atoms with E-state index in [1.807, 2.05) is 36.4 Å². The molecule has 0 bridgehead atoms. The number of aromatic nitrogens is 2. The standard InChI is InChI=1S/C25H29N3O2/c1-17-16-20(30-19-12-14-28(15-13-19)18-6-5-7-18)10-11-21(17)24-26-23-9-4-3-8-22(23)25(29)27(24)2/h3-4,8-11,16,18-19H,5-7,12-15H2,1-2H3. The van der Waals surface area contributed by atoms with Gasteiger partial charge in [0.25, 0.3) is 5.56 Å². The van der Waals surface area contributed by atoms with E-state index in [2.05, 4.69) is 17.9 Å². The van der Waals surface area contributed by atoms with Crippen LogP contribution in [0.25, 0.3) is 22.3 Å². The Morgan fingerprint density at radius 2 is 1.80 bits per heavy atom. The molecule has 0 N–H and O–H groups in total. The number of fused-ring (bicyclic) bond motifs is 1. The summed E-state index contributed by atoms with van der Waals surface area (Å²) in [5.41, 5.74) is 2.74. The van der Waals surface area contributed by atoms with Crippen LogP contribution in [0.3, 0.4) is 0 Å². The first kappa shape index (κ1) is 19.3. The molecule has 5 nitrogen and oxygen atoms in total. The van der Waals surface area contributed by atoms with Crippen LogP contribution in [0, 0.1) is 6.92 Å².